The van der Waals surface area contributed by atoms with E-state index >= 15 is 0 Å². The first-order chi connectivity index (χ1) is 16.1. The third-order valence-electron chi connectivity index (χ3n) is 6.58. The molecule has 0 bridgehead atoms. The first-order valence-corrected chi connectivity index (χ1v) is 12.4. The normalized spacial score (nSPS) is 21.2. The van der Waals surface area contributed by atoms with Gasteiger partial charge in [0.2, 0.25) is 0 Å². The average Bonchev–Trinajstić information content (AvgIpc) is 3.53. The van der Waals surface area contributed by atoms with Gasteiger partial charge in [-0.15, -0.1) is 0 Å². The van der Waals surface area contributed by atoms with E-state index in [1.165, 1.54) is 18.4 Å². The second kappa shape index (κ2) is 8.45. The second-order valence-electron chi connectivity index (χ2n) is 10.6. The maximum absolute atomic E-state index is 12.8. The van der Waals surface area contributed by atoms with Crippen LogP contribution in [-0.2, 0) is 4.74 Å². The van der Waals surface area contributed by atoms with Crippen molar-refractivity contribution in [1.82, 2.24) is 19.4 Å². The summed E-state index contributed by atoms with van der Waals surface area (Å²) < 4.78 is 7.79. The number of piperazine rings is 1. The van der Waals surface area contributed by atoms with E-state index in [1.54, 1.807) is 6.33 Å². The second-order valence-corrected chi connectivity index (χ2v) is 11.0. The third-order valence-corrected chi connectivity index (χ3v) is 6.82. The van der Waals surface area contributed by atoms with Gasteiger partial charge < -0.3 is 19.1 Å². The fraction of sp³-hybridized carbons (Fsp3) is 0.500. The van der Waals surface area contributed by atoms with Crippen molar-refractivity contribution >= 4 is 34.5 Å². The van der Waals surface area contributed by atoms with Crippen LogP contribution in [0.5, 0.6) is 0 Å². The zero-order chi connectivity index (χ0) is 24.2. The van der Waals surface area contributed by atoms with Gasteiger partial charge in [0.15, 0.2) is 0 Å². The quantitative estimate of drug-likeness (QED) is 0.474. The first kappa shape index (κ1) is 23.0. The molecular formula is C26H32ClN5O2. The summed E-state index contributed by atoms with van der Waals surface area (Å²) in [6, 6.07) is 7.94. The minimum absolute atomic E-state index is 0.00421. The number of aromatic nitrogens is 3. The van der Waals surface area contributed by atoms with Crippen LogP contribution in [0.25, 0.3) is 16.7 Å². The monoisotopic (exact) mass is 481 g/mol. The molecule has 2 aromatic heterocycles. The van der Waals surface area contributed by atoms with Gasteiger partial charge >= 0.3 is 6.09 Å². The Morgan fingerprint density at radius 2 is 1.88 bits per heavy atom. The van der Waals surface area contributed by atoms with E-state index in [-0.39, 0.29) is 18.2 Å². The molecule has 0 N–H and O–H groups in total. The predicted molar refractivity (Wildman–Crippen MR) is 135 cm³/mol. The van der Waals surface area contributed by atoms with Crippen molar-refractivity contribution in [2.75, 3.05) is 18.0 Å². The number of carbonyl (C=O) groups excluding carboxylic acids is 1. The fourth-order valence-electron chi connectivity index (χ4n) is 4.81. The molecule has 5 rings (SSSR count). The van der Waals surface area contributed by atoms with Gasteiger partial charge in [0.1, 0.15) is 23.4 Å². The molecule has 1 aromatic carbocycles. The van der Waals surface area contributed by atoms with Crippen molar-refractivity contribution in [3.8, 4) is 5.69 Å². The average molecular weight is 482 g/mol. The summed E-state index contributed by atoms with van der Waals surface area (Å²) in [6.07, 6.45) is 5.96. The lowest BCUT2D eigenvalue weighted by molar-refractivity contribution is 0.0130. The van der Waals surface area contributed by atoms with Crippen LogP contribution in [0, 0.1) is 0 Å². The van der Waals surface area contributed by atoms with Gasteiger partial charge in [-0.1, -0.05) is 17.7 Å². The summed E-state index contributed by atoms with van der Waals surface area (Å²) in [5.74, 6) is 1.47. The maximum Gasteiger partial charge on any atom is 0.410 e. The molecule has 180 valence electrons. The molecule has 0 radical (unpaired) electrons. The van der Waals surface area contributed by atoms with Crippen LogP contribution in [0.2, 0.25) is 5.02 Å². The van der Waals surface area contributed by atoms with E-state index in [0.29, 0.717) is 24.0 Å². The number of benzene rings is 1. The lowest BCUT2D eigenvalue weighted by atomic mass is 10.1. The van der Waals surface area contributed by atoms with E-state index in [0.717, 1.165) is 22.5 Å². The highest BCUT2D eigenvalue weighted by Gasteiger charge is 2.37. The topological polar surface area (TPSA) is 63.5 Å². The fourth-order valence-corrected chi connectivity index (χ4v) is 5.00. The van der Waals surface area contributed by atoms with E-state index < -0.39 is 5.60 Å². The third kappa shape index (κ3) is 4.33. The van der Waals surface area contributed by atoms with Crippen LogP contribution >= 0.6 is 11.6 Å². The van der Waals surface area contributed by atoms with Crippen molar-refractivity contribution in [2.24, 2.45) is 0 Å². The number of anilines is 1. The summed E-state index contributed by atoms with van der Waals surface area (Å²) in [6.45, 7) is 11.2. The Hall–Kier alpha value is -2.80. The van der Waals surface area contributed by atoms with Gasteiger partial charge in [0.05, 0.1) is 5.39 Å². The molecule has 3 aromatic rings. The van der Waals surface area contributed by atoms with Crippen LogP contribution in [0.4, 0.5) is 10.6 Å². The minimum atomic E-state index is -0.515. The van der Waals surface area contributed by atoms with Gasteiger partial charge in [0, 0.05) is 42.1 Å². The summed E-state index contributed by atoms with van der Waals surface area (Å²) in [7, 11) is 0. The van der Waals surface area contributed by atoms with E-state index in [9.17, 15) is 4.79 Å². The molecule has 1 saturated heterocycles. The zero-order valence-electron chi connectivity index (χ0n) is 20.5. The highest BCUT2D eigenvalue weighted by Crippen LogP contribution is 2.46. The van der Waals surface area contributed by atoms with E-state index in [4.69, 9.17) is 26.3 Å². The summed E-state index contributed by atoms with van der Waals surface area (Å²) in [5.41, 5.74) is 2.66. The van der Waals surface area contributed by atoms with Gasteiger partial charge in [-0.2, -0.15) is 0 Å². The largest absolute Gasteiger partial charge is 0.444 e. The molecule has 7 nitrogen and oxygen atoms in total. The standard InChI is InChI=1S/C26H32ClN5O2/c1-16-13-31(25(33)34-26(3,4)5)17(2)12-30(16)23-22-21(18-9-10-18)14-32(24(22)29-15-28-23)20-8-6-7-19(27)11-20/h6-8,11,14-18H,9-10,12-13H2,1-5H3/t16-,17+/m0/s1. The lowest BCUT2D eigenvalue weighted by Gasteiger charge is -2.44. The predicted octanol–water partition coefficient (Wildman–Crippen LogP) is 5.79. The molecule has 2 atom stereocenters. The van der Waals surface area contributed by atoms with Crippen molar-refractivity contribution in [1.29, 1.82) is 0 Å². The Morgan fingerprint density at radius 1 is 1.12 bits per heavy atom. The molecule has 2 fully saturated rings. The van der Waals surface area contributed by atoms with Crippen LogP contribution < -0.4 is 4.90 Å². The number of halogens is 1. The zero-order valence-corrected chi connectivity index (χ0v) is 21.2. The lowest BCUT2D eigenvalue weighted by Crippen LogP contribution is -2.59. The molecule has 1 saturated carbocycles. The highest BCUT2D eigenvalue weighted by atomic mass is 35.5. The van der Waals surface area contributed by atoms with Crippen LogP contribution in [0.1, 0.15) is 58.9 Å². The minimum Gasteiger partial charge on any atom is -0.444 e. The Bertz CT molecular complexity index is 1230. The van der Waals surface area contributed by atoms with Crippen molar-refractivity contribution in [3.63, 3.8) is 0 Å². The molecule has 1 aliphatic carbocycles. The molecule has 2 aliphatic rings. The van der Waals surface area contributed by atoms with Crippen LogP contribution in [0.15, 0.2) is 36.8 Å². The number of ether oxygens (including phenoxy) is 1. The van der Waals surface area contributed by atoms with Crippen molar-refractivity contribution < 1.29 is 9.53 Å². The Labute approximate surface area is 205 Å². The Balaban J connectivity index is 1.53. The summed E-state index contributed by atoms with van der Waals surface area (Å²) in [4.78, 5) is 26.4. The molecule has 3 heterocycles. The number of rotatable bonds is 3. The molecule has 8 heteroatoms. The van der Waals surface area contributed by atoms with Crippen molar-refractivity contribution in [2.45, 2.75) is 71.1 Å². The summed E-state index contributed by atoms with van der Waals surface area (Å²) >= 11 is 6.30. The van der Waals surface area contributed by atoms with Gasteiger partial charge in [-0.3, -0.25) is 0 Å². The molecule has 34 heavy (non-hydrogen) atoms. The number of carbonyl (C=O) groups is 1. The molecule has 0 unspecified atom stereocenters. The number of amides is 1. The van der Waals surface area contributed by atoms with Gasteiger partial charge in [-0.25, -0.2) is 14.8 Å². The van der Waals surface area contributed by atoms with Gasteiger partial charge in [-0.05, 0) is 77.1 Å². The maximum atomic E-state index is 12.8. The van der Waals surface area contributed by atoms with Crippen LogP contribution in [-0.4, -0.2) is 56.3 Å². The molecule has 1 amide bonds. The Kier molecular flexibility index (Phi) is 5.71. The highest BCUT2D eigenvalue weighted by molar-refractivity contribution is 6.30. The van der Waals surface area contributed by atoms with E-state index in [1.807, 2.05) is 49.9 Å². The van der Waals surface area contributed by atoms with Crippen molar-refractivity contribution in [3.05, 3.63) is 47.4 Å². The van der Waals surface area contributed by atoms with E-state index in [2.05, 4.69) is 29.5 Å². The SMILES string of the molecule is C[C@@H]1CN(c2ncnc3c2c(C2CC2)cn3-c2cccc(Cl)c2)[C@@H](C)CN1C(=O)OC(C)(C)C. The van der Waals surface area contributed by atoms with Gasteiger partial charge in [0.25, 0.3) is 0 Å². The number of hydrogen-bond donors (Lipinski definition) is 0. The number of nitrogens with zero attached hydrogens (tertiary/aromatic N) is 5. The number of fused-ring (bicyclic) bond motifs is 1. The molecular weight excluding hydrogens is 450 g/mol. The first-order valence-electron chi connectivity index (χ1n) is 12.0. The summed E-state index contributed by atoms with van der Waals surface area (Å²) in [5, 5.41) is 1.80. The smallest absolute Gasteiger partial charge is 0.410 e. The molecule has 1 aliphatic heterocycles. The van der Waals surface area contributed by atoms with Crippen LogP contribution in [0.3, 0.4) is 0 Å². The Morgan fingerprint density at radius 3 is 2.56 bits per heavy atom. The number of hydrogen-bond acceptors (Lipinski definition) is 5. The molecule has 0 spiro atoms.